The van der Waals surface area contributed by atoms with Crippen molar-refractivity contribution in [1.82, 2.24) is 19.7 Å². The van der Waals surface area contributed by atoms with Gasteiger partial charge in [-0.05, 0) is 48.1 Å². The number of fused-ring (bicyclic) bond motifs is 2. The number of hydrogen-bond donors (Lipinski definition) is 1. The summed E-state index contributed by atoms with van der Waals surface area (Å²) in [4.78, 5) is 20.1. The Morgan fingerprint density at radius 3 is 2.97 bits per heavy atom. The third kappa shape index (κ3) is 3.33. The number of halogens is 1. The Hall–Kier alpha value is -3.32. The van der Waals surface area contributed by atoms with Crippen LogP contribution in [0.3, 0.4) is 0 Å². The molecule has 1 aliphatic carbocycles. The Morgan fingerprint density at radius 1 is 1.25 bits per heavy atom. The monoisotopic (exact) mass is 447 g/mol. The second-order valence-corrected chi connectivity index (χ2v) is 9.06. The summed E-state index contributed by atoms with van der Waals surface area (Å²) in [6.45, 7) is 1.36. The third-order valence-electron chi connectivity index (χ3n) is 6.49. The number of piperidine rings is 1. The minimum Gasteiger partial charge on any atom is -0.424 e. The molecule has 7 nitrogen and oxygen atoms in total. The molecule has 8 heteroatoms. The van der Waals surface area contributed by atoms with Gasteiger partial charge in [0.25, 0.3) is 11.9 Å². The first-order valence-electron chi connectivity index (χ1n) is 10.8. The van der Waals surface area contributed by atoms with Crippen molar-refractivity contribution in [3.63, 3.8) is 0 Å². The summed E-state index contributed by atoms with van der Waals surface area (Å²) in [6, 6.07) is 15.8. The van der Waals surface area contributed by atoms with Gasteiger partial charge in [0.05, 0.1) is 6.04 Å². The number of nitrogens with one attached hydrogen (secondary N) is 1. The fourth-order valence-corrected chi connectivity index (χ4v) is 5.05. The van der Waals surface area contributed by atoms with Gasteiger partial charge in [-0.1, -0.05) is 35.9 Å². The molecule has 3 heterocycles. The van der Waals surface area contributed by atoms with Gasteiger partial charge in [0, 0.05) is 36.9 Å². The largest absolute Gasteiger partial charge is 0.424 e. The smallest absolute Gasteiger partial charge is 0.295 e. The molecule has 2 aliphatic rings. The molecule has 1 saturated heterocycles. The maximum Gasteiger partial charge on any atom is 0.295 e. The molecule has 0 bridgehead atoms. The predicted octanol–water partition coefficient (Wildman–Crippen LogP) is 4.45. The lowest BCUT2D eigenvalue weighted by molar-refractivity contribution is 0.0709. The number of nitrogens with zero attached hydrogens (tertiary/aromatic N) is 4. The first-order chi connectivity index (χ1) is 15.6. The second-order valence-electron chi connectivity index (χ2n) is 8.63. The zero-order valence-electron chi connectivity index (χ0n) is 17.5. The van der Waals surface area contributed by atoms with Crippen LogP contribution in [-0.4, -0.2) is 44.7 Å². The number of likely N-dealkylation sites (tertiary alicyclic amines) is 1. The van der Waals surface area contributed by atoms with E-state index in [1.807, 2.05) is 66.7 Å². The van der Waals surface area contributed by atoms with Crippen LogP contribution in [0.15, 0.2) is 59.1 Å². The Kier molecular flexibility index (Phi) is 4.47. The fraction of sp³-hybridized carbons (Fsp3) is 0.292. The topological polar surface area (TPSA) is 76.2 Å². The zero-order valence-corrected chi connectivity index (χ0v) is 18.3. The van der Waals surface area contributed by atoms with E-state index in [-0.39, 0.29) is 11.9 Å². The minimum absolute atomic E-state index is 0.0443. The number of aromatic nitrogens is 3. The maximum atomic E-state index is 13.6. The summed E-state index contributed by atoms with van der Waals surface area (Å²) in [5.74, 6) is 1.03. The summed E-state index contributed by atoms with van der Waals surface area (Å²) in [5, 5.41) is 8.46. The van der Waals surface area contributed by atoms with Crippen LogP contribution in [0.25, 0.3) is 22.2 Å². The van der Waals surface area contributed by atoms with Crippen molar-refractivity contribution in [3.8, 4) is 11.1 Å². The standard InChI is InChI=1S/C24H22ClN5O2/c1-29-13-18(14-5-4-6-16(25)9-14)22(28-29)23(31)30-12-15-10-17(15)20(30)11-26-24-27-19-7-2-3-8-21(19)32-24/h2-9,13,15,17,20H,10-12H2,1H3,(H,26,27)/t15-,17-,20-/m1/s1. The quantitative estimate of drug-likeness (QED) is 0.489. The van der Waals surface area contributed by atoms with Crippen molar-refractivity contribution in [1.29, 1.82) is 0 Å². The van der Waals surface area contributed by atoms with E-state index in [1.165, 1.54) is 0 Å². The lowest BCUT2D eigenvalue weighted by atomic mass is 10.1. The van der Waals surface area contributed by atoms with Crippen LogP contribution < -0.4 is 5.32 Å². The Balaban J connectivity index is 1.25. The second kappa shape index (κ2) is 7.38. The van der Waals surface area contributed by atoms with E-state index < -0.39 is 0 Å². The molecule has 2 fully saturated rings. The first-order valence-corrected chi connectivity index (χ1v) is 11.1. The van der Waals surface area contributed by atoms with E-state index in [2.05, 4.69) is 15.4 Å². The van der Waals surface area contributed by atoms with Crippen LogP contribution in [0, 0.1) is 11.8 Å². The van der Waals surface area contributed by atoms with Crippen LogP contribution in [0.2, 0.25) is 5.02 Å². The summed E-state index contributed by atoms with van der Waals surface area (Å²) >= 11 is 6.19. The molecular weight excluding hydrogens is 426 g/mol. The van der Waals surface area contributed by atoms with Gasteiger partial charge in [0.1, 0.15) is 5.52 Å². The normalized spacial score (nSPS) is 21.7. The molecule has 1 saturated carbocycles. The van der Waals surface area contributed by atoms with Crippen molar-refractivity contribution >= 4 is 34.6 Å². The number of anilines is 1. The highest BCUT2D eigenvalue weighted by Crippen LogP contribution is 2.50. The number of amides is 1. The highest BCUT2D eigenvalue weighted by atomic mass is 35.5. The molecule has 0 radical (unpaired) electrons. The number of para-hydroxylation sites is 2. The van der Waals surface area contributed by atoms with Gasteiger partial charge in [-0.25, -0.2) is 0 Å². The average Bonchev–Trinajstić information content (AvgIpc) is 3.11. The molecule has 1 aliphatic heterocycles. The molecule has 4 aromatic rings. The number of carbonyl (C=O) groups excluding carboxylic acids is 1. The first kappa shape index (κ1) is 19.4. The van der Waals surface area contributed by atoms with Crippen LogP contribution in [-0.2, 0) is 7.05 Å². The molecule has 6 rings (SSSR count). The van der Waals surface area contributed by atoms with Crippen molar-refractivity contribution in [3.05, 3.63) is 65.4 Å². The summed E-state index contributed by atoms with van der Waals surface area (Å²) in [5.41, 5.74) is 3.71. The van der Waals surface area contributed by atoms with Crippen molar-refractivity contribution in [2.75, 3.05) is 18.4 Å². The van der Waals surface area contributed by atoms with Crippen LogP contribution in [0.1, 0.15) is 16.9 Å². The van der Waals surface area contributed by atoms with Gasteiger partial charge in [-0.3, -0.25) is 9.48 Å². The Morgan fingerprint density at radius 2 is 2.12 bits per heavy atom. The average molecular weight is 448 g/mol. The predicted molar refractivity (Wildman–Crippen MR) is 123 cm³/mol. The molecule has 1 N–H and O–H groups in total. The number of oxazole rings is 1. The number of rotatable bonds is 5. The molecule has 0 spiro atoms. The maximum absolute atomic E-state index is 13.6. The van der Waals surface area contributed by atoms with Gasteiger partial charge in [0.2, 0.25) is 0 Å². The molecule has 162 valence electrons. The summed E-state index contributed by atoms with van der Waals surface area (Å²) < 4.78 is 7.48. The molecule has 3 atom stereocenters. The van der Waals surface area contributed by atoms with Gasteiger partial charge >= 0.3 is 0 Å². The zero-order chi connectivity index (χ0) is 21.8. The fourth-order valence-electron chi connectivity index (χ4n) is 4.86. The number of hydrogen-bond acceptors (Lipinski definition) is 5. The van der Waals surface area contributed by atoms with Gasteiger partial charge < -0.3 is 14.6 Å². The van der Waals surface area contributed by atoms with E-state index in [0.29, 0.717) is 35.1 Å². The molecule has 0 unspecified atom stereocenters. The number of benzene rings is 2. The number of carbonyl (C=O) groups is 1. The van der Waals surface area contributed by atoms with Gasteiger partial charge in [0.15, 0.2) is 11.3 Å². The van der Waals surface area contributed by atoms with Gasteiger partial charge in [-0.15, -0.1) is 0 Å². The van der Waals surface area contributed by atoms with E-state index in [4.69, 9.17) is 16.0 Å². The van der Waals surface area contributed by atoms with Crippen LogP contribution in [0.4, 0.5) is 6.01 Å². The van der Waals surface area contributed by atoms with Crippen molar-refractivity contribution in [2.24, 2.45) is 18.9 Å². The van der Waals surface area contributed by atoms with Crippen LogP contribution >= 0.6 is 11.6 Å². The van der Waals surface area contributed by atoms with E-state index in [0.717, 1.165) is 35.2 Å². The third-order valence-corrected chi connectivity index (χ3v) is 6.72. The van der Waals surface area contributed by atoms with E-state index in [9.17, 15) is 4.79 Å². The minimum atomic E-state index is -0.0443. The number of aryl methyl sites for hydroxylation is 1. The summed E-state index contributed by atoms with van der Waals surface area (Å²) in [6.07, 6.45) is 3.04. The molecular formula is C24H22ClN5O2. The van der Waals surface area contributed by atoms with Crippen LogP contribution in [0.5, 0.6) is 0 Å². The van der Waals surface area contributed by atoms with E-state index >= 15 is 0 Å². The molecule has 2 aromatic carbocycles. The molecule has 32 heavy (non-hydrogen) atoms. The molecule has 1 amide bonds. The van der Waals surface area contributed by atoms with Crippen molar-refractivity contribution < 1.29 is 9.21 Å². The molecule has 2 aromatic heterocycles. The lowest BCUT2D eigenvalue weighted by Gasteiger charge is -2.27. The summed E-state index contributed by atoms with van der Waals surface area (Å²) in [7, 11) is 1.83. The lowest BCUT2D eigenvalue weighted by Crippen LogP contribution is -2.42. The highest BCUT2D eigenvalue weighted by Gasteiger charge is 2.54. The SMILES string of the molecule is Cn1cc(-c2cccc(Cl)c2)c(C(=O)N2C[C@H]3C[C@H]3[C@H]2CNc2nc3ccccc3o2)n1. The Labute approximate surface area is 190 Å². The van der Waals surface area contributed by atoms with Crippen molar-refractivity contribution in [2.45, 2.75) is 12.5 Å². The Bertz CT molecular complexity index is 1300. The van der Waals surface area contributed by atoms with Gasteiger partial charge in [-0.2, -0.15) is 10.1 Å². The highest BCUT2D eigenvalue weighted by molar-refractivity contribution is 6.30. The van der Waals surface area contributed by atoms with E-state index in [1.54, 1.807) is 4.68 Å².